The SMILES string of the molecule is CN=C(NCc1cccc(CN2CCOCC2)c1)NCc1cc(C)ccc1OC(F)F.I. The molecule has 3 rings (SSSR count). The number of nitrogens with zero attached hydrogens (tertiary/aromatic N) is 2. The fourth-order valence-corrected chi connectivity index (χ4v) is 3.50. The van der Waals surface area contributed by atoms with Crippen molar-refractivity contribution in [1.29, 1.82) is 0 Å². The Morgan fingerprint density at radius 3 is 2.53 bits per heavy atom. The highest BCUT2D eigenvalue weighted by Gasteiger charge is 2.12. The van der Waals surface area contributed by atoms with Crippen LogP contribution in [-0.4, -0.2) is 50.8 Å². The standard InChI is InChI=1S/C23H30F2N4O2.HI/c1-17-6-7-21(31-22(24)25)20(12-17)15-28-23(26-2)27-14-18-4-3-5-19(13-18)16-29-8-10-30-11-9-29;/h3-7,12-13,22H,8-11,14-16H2,1-2H3,(H2,26,27,28);1H. The number of alkyl halides is 2. The van der Waals surface area contributed by atoms with Crippen molar-refractivity contribution in [2.24, 2.45) is 4.99 Å². The predicted molar refractivity (Wildman–Crippen MR) is 133 cm³/mol. The van der Waals surface area contributed by atoms with Crippen molar-refractivity contribution >= 4 is 29.9 Å². The zero-order valence-electron chi connectivity index (χ0n) is 18.4. The van der Waals surface area contributed by atoms with Gasteiger partial charge in [0.15, 0.2) is 5.96 Å². The van der Waals surface area contributed by atoms with Gasteiger partial charge >= 0.3 is 6.61 Å². The molecule has 1 saturated heterocycles. The molecule has 6 nitrogen and oxygen atoms in total. The van der Waals surface area contributed by atoms with Crippen molar-refractivity contribution < 1.29 is 18.3 Å². The molecule has 0 atom stereocenters. The first kappa shape index (κ1) is 26.3. The van der Waals surface area contributed by atoms with E-state index in [9.17, 15) is 8.78 Å². The molecule has 1 heterocycles. The normalized spacial score (nSPS) is 14.7. The van der Waals surface area contributed by atoms with Gasteiger partial charge in [-0.25, -0.2) is 0 Å². The van der Waals surface area contributed by atoms with Gasteiger partial charge in [-0.15, -0.1) is 24.0 Å². The number of halogens is 3. The molecule has 0 amide bonds. The maximum atomic E-state index is 12.7. The molecule has 0 spiro atoms. The van der Waals surface area contributed by atoms with Crippen LogP contribution in [0.2, 0.25) is 0 Å². The van der Waals surface area contributed by atoms with Crippen molar-refractivity contribution in [1.82, 2.24) is 15.5 Å². The largest absolute Gasteiger partial charge is 0.434 e. The molecule has 2 aromatic carbocycles. The van der Waals surface area contributed by atoms with Gasteiger partial charge < -0.3 is 20.1 Å². The minimum Gasteiger partial charge on any atom is -0.434 e. The monoisotopic (exact) mass is 560 g/mol. The van der Waals surface area contributed by atoms with Crippen LogP contribution >= 0.6 is 24.0 Å². The number of ether oxygens (including phenoxy) is 2. The summed E-state index contributed by atoms with van der Waals surface area (Å²) in [6.07, 6.45) is 0. The summed E-state index contributed by atoms with van der Waals surface area (Å²) in [6, 6.07) is 13.6. The second-order valence-electron chi connectivity index (χ2n) is 7.48. The fraction of sp³-hybridized carbons (Fsp3) is 0.435. The van der Waals surface area contributed by atoms with Crippen LogP contribution in [0.15, 0.2) is 47.5 Å². The molecular weight excluding hydrogens is 529 g/mol. The van der Waals surface area contributed by atoms with E-state index in [0.29, 0.717) is 24.6 Å². The van der Waals surface area contributed by atoms with Crippen LogP contribution in [0.5, 0.6) is 5.75 Å². The number of hydrogen-bond acceptors (Lipinski definition) is 4. The Morgan fingerprint density at radius 1 is 1.09 bits per heavy atom. The van der Waals surface area contributed by atoms with Crippen LogP contribution < -0.4 is 15.4 Å². The third-order valence-corrected chi connectivity index (χ3v) is 5.06. The maximum absolute atomic E-state index is 12.7. The first-order valence-electron chi connectivity index (χ1n) is 10.4. The van der Waals surface area contributed by atoms with Gasteiger partial charge in [-0.2, -0.15) is 8.78 Å². The van der Waals surface area contributed by atoms with Gasteiger partial charge in [0.25, 0.3) is 0 Å². The van der Waals surface area contributed by atoms with Gasteiger partial charge in [-0.05, 0) is 24.1 Å². The van der Waals surface area contributed by atoms with Gasteiger partial charge in [-0.1, -0.05) is 42.0 Å². The topological polar surface area (TPSA) is 58.1 Å². The number of hydrogen-bond donors (Lipinski definition) is 2. The van der Waals surface area contributed by atoms with Gasteiger partial charge in [0.2, 0.25) is 0 Å². The van der Waals surface area contributed by atoms with E-state index in [1.165, 1.54) is 5.56 Å². The van der Waals surface area contributed by atoms with Crippen LogP contribution in [0.25, 0.3) is 0 Å². The summed E-state index contributed by atoms with van der Waals surface area (Å²) in [7, 11) is 1.68. The molecule has 0 aliphatic carbocycles. The van der Waals surface area contributed by atoms with E-state index in [1.54, 1.807) is 19.2 Å². The van der Waals surface area contributed by atoms with Crippen molar-refractivity contribution in [3.8, 4) is 5.75 Å². The Balaban J connectivity index is 0.00000363. The third-order valence-electron chi connectivity index (χ3n) is 5.06. The Hall–Kier alpha value is -1.98. The lowest BCUT2D eigenvalue weighted by atomic mass is 10.1. The smallest absolute Gasteiger partial charge is 0.387 e. The van der Waals surface area contributed by atoms with Crippen LogP contribution in [0.4, 0.5) is 8.78 Å². The first-order valence-corrected chi connectivity index (χ1v) is 10.4. The Labute approximate surface area is 205 Å². The second kappa shape index (κ2) is 13.5. The summed E-state index contributed by atoms with van der Waals surface area (Å²) >= 11 is 0. The lowest BCUT2D eigenvalue weighted by Crippen LogP contribution is -2.36. The second-order valence-corrected chi connectivity index (χ2v) is 7.48. The molecule has 9 heteroatoms. The molecule has 1 aliphatic heterocycles. The highest BCUT2D eigenvalue weighted by atomic mass is 127. The van der Waals surface area contributed by atoms with Crippen LogP contribution in [0.3, 0.4) is 0 Å². The molecule has 0 unspecified atom stereocenters. The number of aliphatic imine (C=N–C) groups is 1. The Bertz CT molecular complexity index is 877. The zero-order chi connectivity index (χ0) is 22.1. The summed E-state index contributed by atoms with van der Waals surface area (Å²) < 4.78 is 35.4. The average molecular weight is 560 g/mol. The van der Waals surface area contributed by atoms with Crippen molar-refractivity contribution in [2.45, 2.75) is 33.2 Å². The van der Waals surface area contributed by atoms with Gasteiger partial charge in [0, 0.05) is 45.3 Å². The Morgan fingerprint density at radius 2 is 1.81 bits per heavy atom. The van der Waals surface area contributed by atoms with Crippen molar-refractivity contribution in [3.05, 3.63) is 64.7 Å². The molecule has 0 aromatic heterocycles. The molecule has 0 radical (unpaired) electrons. The van der Waals surface area contributed by atoms with E-state index in [2.05, 4.69) is 49.5 Å². The highest BCUT2D eigenvalue weighted by molar-refractivity contribution is 14.0. The summed E-state index contributed by atoms with van der Waals surface area (Å²) in [5.41, 5.74) is 4.03. The molecule has 0 saturated carbocycles. The summed E-state index contributed by atoms with van der Waals surface area (Å²) in [4.78, 5) is 6.62. The zero-order valence-corrected chi connectivity index (χ0v) is 20.8. The minimum absolute atomic E-state index is 0. The van der Waals surface area contributed by atoms with E-state index in [0.717, 1.165) is 44.0 Å². The van der Waals surface area contributed by atoms with Crippen molar-refractivity contribution in [2.75, 3.05) is 33.4 Å². The maximum Gasteiger partial charge on any atom is 0.387 e. The molecule has 0 bridgehead atoms. The molecule has 2 aromatic rings. The van der Waals surface area contributed by atoms with Gasteiger partial charge in [0.1, 0.15) is 5.75 Å². The fourth-order valence-electron chi connectivity index (χ4n) is 3.50. The number of rotatable bonds is 8. The summed E-state index contributed by atoms with van der Waals surface area (Å²) in [5, 5.41) is 6.45. The van der Waals surface area contributed by atoms with E-state index in [-0.39, 0.29) is 29.7 Å². The molecule has 2 N–H and O–H groups in total. The van der Waals surface area contributed by atoms with E-state index < -0.39 is 6.61 Å². The molecule has 176 valence electrons. The first-order chi connectivity index (χ1) is 15.0. The van der Waals surface area contributed by atoms with E-state index >= 15 is 0 Å². The molecular formula is C23H31F2IN4O2. The lowest BCUT2D eigenvalue weighted by Gasteiger charge is -2.26. The van der Waals surface area contributed by atoms with Crippen molar-refractivity contribution in [3.63, 3.8) is 0 Å². The van der Waals surface area contributed by atoms with Gasteiger partial charge in [0.05, 0.1) is 13.2 Å². The number of nitrogens with one attached hydrogen (secondary N) is 2. The van der Waals surface area contributed by atoms with E-state index in [1.807, 2.05) is 13.0 Å². The highest BCUT2D eigenvalue weighted by Crippen LogP contribution is 2.22. The molecule has 1 fully saturated rings. The Kier molecular flexibility index (Phi) is 11.1. The summed E-state index contributed by atoms with van der Waals surface area (Å²) in [5.74, 6) is 0.752. The van der Waals surface area contributed by atoms with Crippen LogP contribution in [-0.2, 0) is 24.4 Å². The quantitative estimate of drug-likeness (QED) is 0.292. The van der Waals surface area contributed by atoms with Crippen LogP contribution in [0, 0.1) is 6.92 Å². The molecule has 32 heavy (non-hydrogen) atoms. The minimum atomic E-state index is -2.86. The number of morpholine rings is 1. The number of benzene rings is 2. The molecule has 1 aliphatic rings. The van der Waals surface area contributed by atoms with Gasteiger partial charge in [-0.3, -0.25) is 9.89 Å². The number of aryl methyl sites for hydroxylation is 1. The predicted octanol–water partition coefficient (Wildman–Crippen LogP) is 3.91. The number of guanidine groups is 1. The lowest BCUT2D eigenvalue weighted by molar-refractivity contribution is -0.0504. The van der Waals surface area contributed by atoms with Crippen LogP contribution in [0.1, 0.15) is 22.3 Å². The van der Waals surface area contributed by atoms with E-state index in [4.69, 9.17) is 4.74 Å². The average Bonchev–Trinajstić information content (AvgIpc) is 2.76. The third kappa shape index (κ3) is 8.51. The summed E-state index contributed by atoms with van der Waals surface area (Å²) in [6.45, 7) is 4.36.